The topological polar surface area (TPSA) is 109 Å². The fraction of sp³-hybridized carbons (Fsp3) is 0.211. The normalized spacial score (nSPS) is 15.5. The molecule has 0 bridgehead atoms. The Bertz CT molecular complexity index is 1220. The number of nitrogens with two attached hydrogens (primary N) is 1. The standard InChI is InChI=1S/C19H20N8O/c20-25-8-6-24(7-9-25)17-10-16-14(11-22-17)18-15(12-26(16)21)19(28)27(23-18)13-4-2-1-3-5-13/h1-5,10-12,21H,6-9,20H2,(H,22,23,28)/p-1. The first-order valence-electron chi connectivity index (χ1n) is 9.07. The number of anilines is 1. The quantitative estimate of drug-likeness (QED) is 0.406. The van der Waals surface area contributed by atoms with Gasteiger partial charge in [0.1, 0.15) is 10.9 Å². The smallest absolute Gasteiger partial charge is 0.287 e. The summed E-state index contributed by atoms with van der Waals surface area (Å²) in [6.07, 6.45) is 3.22. The highest BCUT2D eigenvalue weighted by Gasteiger charge is 2.18. The van der Waals surface area contributed by atoms with Crippen LogP contribution in [0.3, 0.4) is 0 Å². The molecule has 4 heterocycles. The number of nitrogens with zero attached hydrogens (tertiary/aromatic N) is 6. The summed E-state index contributed by atoms with van der Waals surface area (Å²) in [7, 11) is 0. The van der Waals surface area contributed by atoms with Crippen molar-refractivity contribution >= 4 is 27.6 Å². The summed E-state index contributed by atoms with van der Waals surface area (Å²) in [6, 6.07) is 11.1. The Kier molecular flexibility index (Phi) is 3.78. The third kappa shape index (κ3) is 2.60. The van der Waals surface area contributed by atoms with Crippen molar-refractivity contribution in [1.82, 2.24) is 19.8 Å². The van der Waals surface area contributed by atoms with Crippen molar-refractivity contribution in [3.05, 3.63) is 65.0 Å². The molecule has 1 aliphatic heterocycles. The summed E-state index contributed by atoms with van der Waals surface area (Å²) in [4.78, 5) is 19.6. The first kappa shape index (κ1) is 16.7. The van der Waals surface area contributed by atoms with Gasteiger partial charge in [-0.1, -0.05) is 30.2 Å². The van der Waals surface area contributed by atoms with Gasteiger partial charge in [-0.2, -0.15) is 9.78 Å². The predicted octanol–water partition coefficient (Wildman–Crippen LogP) is 0.595. The predicted molar refractivity (Wildman–Crippen MR) is 106 cm³/mol. The highest BCUT2D eigenvalue weighted by Crippen LogP contribution is 2.23. The minimum absolute atomic E-state index is 0.243. The van der Waals surface area contributed by atoms with E-state index >= 15 is 0 Å². The number of para-hydroxylation sites is 1. The van der Waals surface area contributed by atoms with Crippen molar-refractivity contribution in [3.63, 3.8) is 0 Å². The Morgan fingerprint density at radius 3 is 2.61 bits per heavy atom. The second kappa shape index (κ2) is 6.32. The molecule has 5 rings (SSSR count). The zero-order valence-electron chi connectivity index (χ0n) is 15.1. The van der Waals surface area contributed by atoms with Crippen molar-refractivity contribution in [2.45, 2.75) is 0 Å². The summed E-state index contributed by atoms with van der Waals surface area (Å²) >= 11 is 0. The minimum Gasteiger partial charge on any atom is -0.466 e. The third-order valence-electron chi connectivity index (χ3n) is 5.16. The molecule has 142 valence electrons. The third-order valence-corrected chi connectivity index (χ3v) is 5.16. The maximum atomic E-state index is 12.8. The number of piperazine rings is 1. The van der Waals surface area contributed by atoms with E-state index < -0.39 is 0 Å². The van der Waals surface area contributed by atoms with Crippen molar-refractivity contribution in [2.75, 3.05) is 31.1 Å². The Balaban J connectivity index is 1.67. The molecule has 1 aliphatic rings. The van der Waals surface area contributed by atoms with Crippen molar-refractivity contribution in [3.8, 4) is 5.69 Å². The number of hydrazine groups is 1. The molecule has 4 aromatic rings. The summed E-state index contributed by atoms with van der Waals surface area (Å²) in [5.74, 6) is 15.0. The van der Waals surface area contributed by atoms with Crippen molar-refractivity contribution in [1.29, 1.82) is 0 Å². The van der Waals surface area contributed by atoms with Gasteiger partial charge in [-0.05, 0) is 25.2 Å². The van der Waals surface area contributed by atoms with E-state index in [1.165, 1.54) is 15.6 Å². The van der Waals surface area contributed by atoms with Crippen LogP contribution in [0.15, 0.2) is 53.6 Å². The van der Waals surface area contributed by atoms with E-state index in [9.17, 15) is 4.79 Å². The first-order chi connectivity index (χ1) is 13.6. The Hall–Kier alpha value is -3.43. The second-order valence-electron chi connectivity index (χ2n) is 6.90. The van der Waals surface area contributed by atoms with Gasteiger partial charge in [0.25, 0.3) is 5.56 Å². The molecule has 0 radical (unpaired) electrons. The maximum absolute atomic E-state index is 12.8. The lowest BCUT2D eigenvalue weighted by molar-refractivity contribution is -0.575. The van der Waals surface area contributed by atoms with Gasteiger partial charge in [0.05, 0.1) is 11.1 Å². The van der Waals surface area contributed by atoms with Crippen LogP contribution in [0.5, 0.6) is 0 Å². The number of hydrogen-bond acceptors (Lipinski definition) is 5. The van der Waals surface area contributed by atoms with Gasteiger partial charge in [0.15, 0.2) is 6.20 Å². The molecule has 1 aromatic carbocycles. The molecular weight excluding hydrogens is 356 g/mol. The average Bonchev–Trinajstić information content (AvgIpc) is 3.06. The Labute approximate surface area is 160 Å². The maximum Gasteiger partial charge on any atom is 0.287 e. The van der Waals surface area contributed by atoms with E-state index in [2.05, 4.69) is 15.0 Å². The van der Waals surface area contributed by atoms with E-state index in [0.717, 1.165) is 32.0 Å². The van der Waals surface area contributed by atoms with Crippen LogP contribution in [0.4, 0.5) is 5.82 Å². The summed E-state index contributed by atoms with van der Waals surface area (Å²) in [6.45, 7) is 3.09. The number of benzene rings is 1. The molecule has 0 saturated carbocycles. The van der Waals surface area contributed by atoms with Crippen LogP contribution in [0.2, 0.25) is 0 Å². The SMILES string of the molecule is [NH-][n+]1cc2c(=O)n(-c3ccccc3)nc2c2c[n-]c(N3CCN(N)CC3)cc21. The highest BCUT2D eigenvalue weighted by molar-refractivity contribution is 6.01. The summed E-state index contributed by atoms with van der Waals surface area (Å²) < 4.78 is 2.60. The molecule has 1 saturated heterocycles. The molecule has 0 amide bonds. The zero-order valence-corrected chi connectivity index (χ0v) is 15.1. The number of hydrogen-bond donors (Lipinski definition) is 1. The molecule has 9 heteroatoms. The van der Waals surface area contributed by atoms with Crippen LogP contribution >= 0.6 is 0 Å². The molecule has 3 N–H and O–H groups in total. The number of fused-ring (bicyclic) bond motifs is 3. The minimum atomic E-state index is -0.243. The Morgan fingerprint density at radius 1 is 1.11 bits per heavy atom. The van der Waals surface area contributed by atoms with Gasteiger partial charge in [-0.15, -0.1) is 0 Å². The molecule has 0 unspecified atom stereocenters. The van der Waals surface area contributed by atoms with Crippen LogP contribution < -0.4 is 26.0 Å². The lowest BCUT2D eigenvalue weighted by atomic mass is 10.2. The molecule has 1 fully saturated rings. The average molecular weight is 375 g/mol. The van der Waals surface area contributed by atoms with Crippen LogP contribution in [0.25, 0.3) is 33.3 Å². The van der Waals surface area contributed by atoms with Gasteiger partial charge in [-0.3, -0.25) is 10.6 Å². The van der Waals surface area contributed by atoms with Crippen molar-refractivity contribution < 1.29 is 4.68 Å². The lowest BCUT2D eigenvalue weighted by Gasteiger charge is -2.40. The highest BCUT2D eigenvalue weighted by atomic mass is 16.1. The largest absolute Gasteiger partial charge is 0.466 e. The van der Waals surface area contributed by atoms with E-state index in [-0.39, 0.29) is 5.56 Å². The molecule has 0 atom stereocenters. The van der Waals surface area contributed by atoms with Crippen LogP contribution in [-0.2, 0) is 0 Å². The van der Waals surface area contributed by atoms with Crippen LogP contribution in [-0.4, -0.2) is 41.0 Å². The van der Waals surface area contributed by atoms with E-state index in [1.54, 1.807) is 11.2 Å². The van der Waals surface area contributed by atoms with E-state index in [0.29, 0.717) is 27.5 Å². The fourth-order valence-corrected chi connectivity index (χ4v) is 3.61. The van der Waals surface area contributed by atoms with Crippen LogP contribution in [0.1, 0.15) is 0 Å². The fourth-order valence-electron chi connectivity index (χ4n) is 3.61. The van der Waals surface area contributed by atoms with Crippen LogP contribution in [0, 0.1) is 0 Å². The summed E-state index contributed by atoms with van der Waals surface area (Å²) in [5, 5.41) is 7.41. The molecule has 28 heavy (non-hydrogen) atoms. The molecule has 0 aliphatic carbocycles. The lowest BCUT2D eigenvalue weighted by Crippen LogP contribution is -2.49. The van der Waals surface area contributed by atoms with Gasteiger partial charge in [-0.25, -0.2) is 9.69 Å². The molecular formula is C19H19N8O-. The van der Waals surface area contributed by atoms with E-state index in [4.69, 9.17) is 11.7 Å². The summed E-state index contributed by atoms with van der Waals surface area (Å²) in [5.41, 5.74) is 1.66. The Morgan fingerprint density at radius 2 is 1.86 bits per heavy atom. The van der Waals surface area contributed by atoms with Gasteiger partial charge >= 0.3 is 0 Å². The number of nitrogens with one attached hydrogen (secondary N) is 1. The number of aromatic nitrogens is 4. The first-order valence-corrected chi connectivity index (χ1v) is 9.07. The monoisotopic (exact) mass is 375 g/mol. The van der Waals surface area contributed by atoms with Crippen molar-refractivity contribution in [2.24, 2.45) is 5.84 Å². The number of rotatable bonds is 2. The molecule has 3 aromatic heterocycles. The van der Waals surface area contributed by atoms with E-state index in [1.807, 2.05) is 36.4 Å². The van der Waals surface area contributed by atoms with Gasteiger partial charge in [0, 0.05) is 19.2 Å². The zero-order chi connectivity index (χ0) is 19.3. The molecule has 0 spiro atoms. The van der Waals surface area contributed by atoms with Gasteiger partial charge < -0.3 is 15.7 Å². The number of pyridine rings is 2. The second-order valence-corrected chi connectivity index (χ2v) is 6.90. The molecule has 9 nitrogen and oxygen atoms in total. The van der Waals surface area contributed by atoms with Gasteiger partial charge in [0.2, 0.25) is 5.52 Å².